The van der Waals surface area contributed by atoms with Gasteiger partial charge in [-0.05, 0) is 17.7 Å². The Morgan fingerprint density at radius 3 is 2.95 bits per heavy atom. The molecule has 0 aliphatic heterocycles. The van der Waals surface area contributed by atoms with E-state index >= 15 is 0 Å². The van der Waals surface area contributed by atoms with E-state index in [1.807, 2.05) is 12.1 Å². The van der Waals surface area contributed by atoms with Gasteiger partial charge >= 0.3 is 0 Å². The Morgan fingerprint density at radius 2 is 2.11 bits per heavy atom. The molecule has 0 bridgehead atoms. The second-order valence-electron chi connectivity index (χ2n) is 4.06. The molecule has 1 N–H and O–H groups in total. The number of pyridine rings is 1. The van der Waals surface area contributed by atoms with E-state index in [0.29, 0.717) is 18.9 Å². The number of halogens is 1. The zero-order valence-electron chi connectivity index (χ0n) is 10.0. The van der Waals surface area contributed by atoms with E-state index in [1.165, 1.54) is 6.39 Å². The fourth-order valence-corrected chi connectivity index (χ4v) is 2.37. The number of hydrogen-bond donors (Lipinski definition) is 1. The summed E-state index contributed by atoms with van der Waals surface area (Å²) >= 11 is 3.54. The van der Waals surface area contributed by atoms with Crippen molar-refractivity contribution in [2.75, 3.05) is 0 Å². The zero-order chi connectivity index (χ0) is 13.1. The molecule has 3 rings (SSSR count). The highest BCUT2D eigenvalue weighted by Gasteiger charge is 2.05. The van der Waals surface area contributed by atoms with Crippen LogP contribution in [0.15, 0.2) is 45.9 Å². The van der Waals surface area contributed by atoms with Gasteiger partial charge in [-0.2, -0.15) is 4.98 Å². The molecule has 96 valence electrons. The number of fused-ring (bicyclic) bond motifs is 1. The topological polar surface area (TPSA) is 63.8 Å². The van der Waals surface area contributed by atoms with Crippen LogP contribution in [0.25, 0.3) is 10.9 Å². The second kappa shape index (κ2) is 5.46. The van der Waals surface area contributed by atoms with Crippen LogP contribution in [0.5, 0.6) is 0 Å². The Morgan fingerprint density at radius 1 is 1.16 bits per heavy atom. The lowest BCUT2D eigenvalue weighted by molar-refractivity contribution is 0.407. The molecule has 0 amide bonds. The number of hydrogen-bond acceptors (Lipinski definition) is 5. The molecule has 0 spiro atoms. The molecule has 0 unspecified atom stereocenters. The molecule has 2 heterocycles. The molecule has 0 radical (unpaired) electrons. The number of benzene rings is 1. The summed E-state index contributed by atoms with van der Waals surface area (Å²) < 4.78 is 5.74. The van der Waals surface area contributed by atoms with Gasteiger partial charge in [-0.1, -0.05) is 33.2 Å². The van der Waals surface area contributed by atoms with Crippen molar-refractivity contribution in [2.45, 2.75) is 13.1 Å². The van der Waals surface area contributed by atoms with Gasteiger partial charge in [0.05, 0.1) is 12.1 Å². The van der Waals surface area contributed by atoms with Crippen LogP contribution in [0.2, 0.25) is 0 Å². The lowest BCUT2D eigenvalue weighted by Gasteiger charge is -2.07. The van der Waals surface area contributed by atoms with Gasteiger partial charge in [-0.25, -0.2) is 0 Å². The lowest BCUT2D eigenvalue weighted by Crippen LogP contribution is -2.14. The average molecular weight is 319 g/mol. The van der Waals surface area contributed by atoms with Gasteiger partial charge in [0.2, 0.25) is 6.39 Å². The average Bonchev–Trinajstić information content (AvgIpc) is 2.95. The first-order chi connectivity index (χ1) is 9.34. The van der Waals surface area contributed by atoms with Crippen LogP contribution in [0.3, 0.4) is 0 Å². The first-order valence-electron chi connectivity index (χ1n) is 5.82. The lowest BCUT2D eigenvalue weighted by atomic mass is 10.1. The van der Waals surface area contributed by atoms with Gasteiger partial charge in [0.25, 0.3) is 0 Å². The van der Waals surface area contributed by atoms with Crippen LogP contribution in [0.4, 0.5) is 0 Å². The summed E-state index contributed by atoms with van der Waals surface area (Å²) in [5, 5.41) is 8.14. The smallest absolute Gasteiger partial charge is 0.213 e. The van der Waals surface area contributed by atoms with Crippen molar-refractivity contribution in [3.8, 4) is 0 Å². The minimum atomic E-state index is 0.570. The van der Waals surface area contributed by atoms with Crippen molar-refractivity contribution in [3.63, 3.8) is 0 Å². The SMILES string of the molecule is Brc1ccc(CNCc2ncon2)c2ncccc12. The number of aromatic nitrogens is 3. The Kier molecular flexibility index (Phi) is 3.52. The van der Waals surface area contributed by atoms with Crippen LogP contribution in [0, 0.1) is 0 Å². The predicted molar refractivity (Wildman–Crippen MR) is 74.3 cm³/mol. The van der Waals surface area contributed by atoms with Crippen molar-refractivity contribution in [3.05, 3.63) is 52.7 Å². The monoisotopic (exact) mass is 318 g/mol. The molecular formula is C13H11BrN4O. The maximum absolute atomic E-state index is 4.68. The predicted octanol–water partition coefficient (Wildman–Crippen LogP) is 2.67. The molecule has 19 heavy (non-hydrogen) atoms. The van der Waals surface area contributed by atoms with E-state index in [1.54, 1.807) is 6.20 Å². The summed E-state index contributed by atoms with van der Waals surface area (Å²) in [6, 6.07) is 8.08. The van der Waals surface area contributed by atoms with E-state index in [4.69, 9.17) is 0 Å². The highest BCUT2D eigenvalue weighted by Crippen LogP contribution is 2.25. The largest absolute Gasteiger partial charge is 0.343 e. The summed E-state index contributed by atoms with van der Waals surface area (Å²) in [4.78, 5) is 8.40. The Bertz CT molecular complexity index is 684. The van der Waals surface area contributed by atoms with Crippen molar-refractivity contribution < 1.29 is 4.52 Å². The van der Waals surface area contributed by atoms with Gasteiger partial charge in [0.15, 0.2) is 5.82 Å². The van der Waals surface area contributed by atoms with Crippen molar-refractivity contribution in [2.24, 2.45) is 0 Å². The number of nitrogens with zero attached hydrogens (tertiary/aromatic N) is 3. The van der Waals surface area contributed by atoms with E-state index < -0.39 is 0 Å². The summed E-state index contributed by atoms with van der Waals surface area (Å²) in [5.41, 5.74) is 2.14. The van der Waals surface area contributed by atoms with Crippen LogP contribution >= 0.6 is 15.9 Å². The van der Waals surface area contributed by atoms with E-state index in [0.717, 1.165) is 20.9 Å². The maximum Gasteiger partial charge on any atom is 0.213 e. The maximum atomic E-state index is 4.68. The first kappa shape index (κ1) is 12.3. The van der Waals surface area contributed by atoms with E-state index in [-0.39, 0.29) is 0 Å². The Labute approximate surface area is 118 Å². The third kappa shape index (κ3) is 2.64. The highest BCUT2D eigenvalue weighted by molar-refractivity contribution is 9.10. The van der Waals surface area contributed by atoms with Crippen LogP contribution in [0.1, 0.15) is 11.4 Å². The molecular weight excluding hydrogens is 308 g/mol. The van der Waals surface area contributed by atoms with Crippen molar-refractivity contribution in [1.29, 1.82) is 0 Å². The highest BCUT2D eigenvalue weighted by atomic mass is 79.9. The molecule has 3 aromatic rings. The molecule has 1 aromatic carbocycles. The van der Waals surface area contributed by atoms with Crippen LogP contribution in [-0.2, 0) is 13.1 Å². The molecule has 6 heteroatoms. The molecule has 0 atom stereocenters. The van der Waals surface area contributed by atoms with Crippen LogP contribution < -0.4 is 5.32 Å². The van der Waals surface area contributed by atoms with Crippen molar-refractivity contribution >= 4 is 26.8 Å². The Hall–Kier alpha value is -1.79. The molecule has 0 saturated heterocycles. The third-order valence-electron chi connectivity index (χ3n) is 2.81. The Balaban J connectivity index is 1.79. The molecule has 0 fully saturated rings. The summed E-state index contributed by atoms with van der Waals surface area (Å²) in [6.07, 6.45) is 3.13. The van der Waals surface area contributed by atoms with E-state index in [9.17, 15) is 0 Å². The fourth-order valence-electron chi connectivity index (χ4n) is 1.92. The number of rotatable bonds is 4. The molecule has 0 saturated carbocycles. The molecule has 5 nitrogen and oxygen atoms in total. The van der Waals surface area contributed by atoms with E-state index in [2.05, 4.69) is 53.0 Å². The van der Waals surface area contributed by atoms with Gasteiger partial charge in [0, 0.05) is 22.6 Å². The summed E-state index contributed by atoms with van der Waals surface area (Å²) in [7, 11) is 0. The first-order valence-corrected chi connectivity index (χ1v) is 6.62. The molecule has 2 aromatic heterocycles. The minimum absolute atomic E-state index is 0.570. The van der Waals surface area contributed by atoms with Gasteiger partial charge in [0.1, 0.15) is 0 Å². The van der Waals surface area contributed by atoms with Gasteiger partial charge in [-0.3, -0.25) is 4.98 Å². The molecule has 0 aliphatic rings. The standard InChI is InChI=1S/C13H11BrN4O/c14-11-4-3-9(13-10(11)2-1-5-16-13)6-15-7-12-17-8-19-18-12/h1-5,8,15H,6-7H2. The van der Waals surface area contributed by atoms with Crippen molar-refractivity contribution in [1.82, 2.24) is 20.4 Å². The van der Waals surface area contributed by atoms with Gasteiger partial charge < -0.3 is 9.84 Å². The fraction of sp³-hybridized carbons (Fsp3) is 0.154. The van der Waals surface area contributed by atoms with Crippen LogP contribution in [-0.4, -0.2) is 15.1 Å². The quantitative estimate of drug-likeness (QED) is 0.801. The van der Waals surface area contributed by atoms with Gasteiger partial charge in [-0.15, -0.1) is 0 Å². The minimum Gasteiger partial charge on any atom is -0.343 e. The molecule has 0 aliphatic carbocycles. The third-order valence-corrected chi connectivity index (χ3v) is 3.50. The zero-order valence-corrected chi connectivity index (χ0v) is 11.6. The second-order valence-corrected chi connectivity index (χ2v) is 4.91. The number of nitrogens with one attached hydrogen (secondary N) is 1. The normalized spacial score (nSPS) is 11.0. The summed E-state index contributed by atoms with van der Waals surface area (Å²) in [5.74, 6) is 0.648. The summed E-state index contributed by atoms with van der Waals surface area (Å²) in [6.45, 7) is 1.27.